The first-order chi connectivity index (χ1) is 24.5. The van der Waals surface area contributed by atoms with E-state index < -0.39 is 0 Å². The van der Waals surface area contributed by atoms with Crippen LogP contribution in [0.3, 0.4) is 0 Å². The van der Waals surface area contributed by atoms with Crippen LogP contribution in [0.1, 0.15) is 16.6 Å². The van der Waals surface area contributed by atoms with Gasteiger partial charge in [0.1, 0.15) is 11.2 Å². The van der Waals surface area contributed by atoms with Gasteiger partial charge in [0.2, 0.25) is 0 Å². The summed E-state index contributed by atoms with van der Waals surface area (Å²) < 4.78 is 41.6. The summed E-state index contributed by atoms with van der Waals surface area (Å²) >= 11 is 0. The second kappa shape index (κ2) is 10.9. The smallest absolute Gasteiger partial charge is 0.136 e. The lowest BCUT2D eigenvalue weighted by molar-refractivity contribution is 0.669. The number of hydrogen-bond donors (Lipinski definition) is 0. The van der Waals surface area contributed by atoms with Gasteiger partial charge in [0, 0.05) is 16.3 Å². The van der Waals surface area contributed by atoms with Crippen molar-refractivity contribution in [1.82, 2.24) is 0 Å². The Morgan fingerprint density at radius 2 is 1.00 bits per heavy atom. The summed E-state index contributed by atoms with van der Waals surface area (Å²) in [6.07, 6.45) is 0.333. The average molecular weight is 591 g/mol. The van der Waals surface area contributed by atoms with E-state index in [1.807, 2.05) is 60.7 Å². The lowest BCUT2D eigenvalue weighted by atomic mass is 9.82. The van der Waals surface area contributed by atoms with Crippen LogP contribution in [-0.2, 0) is 6.42 Å². The van der Waals surface area contributed by atoms with Crippen LogP contribution in [0.25, 0.3) is 76.9 Å². The minimum Gasteiger partial charge on any atom is -0.456 e. The molecule has 0 saturated heterocycles. The number of benzene rings is 8. The van der Waals surface area contributed by atoms with Crippen molar-refractivity contribution in [1.29, 1.82) is 0 Å². The van der Waals surface area contributed by atoms with Crippen LogP contribution in [0.15, 0.2) is 174 Å². The third-order valence-corrected chi connectivity index (χ3v) is 9.10. The molecule has 1 heterocycles. The fourth-order valence-electron chi connectivity index (χ4n) is 7.13. The molecule has 0 saturated carbocycles. The minimum absolute atomic E-state index is 0.00857. The number of furan rings is 1. The van der Waals surface area contributed by atoms with Crippen LogP contribution < -0.4 is 0 Å². The molecule has 1 aromatic heterocycles. The van der Waals surface area contributed by atoms with E-state index in [2.05, 4.69) is 84.9 Å². The van der Waals surface area contributed by atoms with Crippen molar-refractivity contribution in [3.8, 4) is 33.4 Å². The summed E-state index contributed by atoms with van der Waals surface area (Å²) in [5.41, 5.74) is 9.04. The van der Waals surface area contributed by atoms with E-state index >= 15 is 0 Å². The number of para-hydroxylation sites is 1. The van der Waals surface area contributed by atoms with Gasteiger partial charge in [-0.1, -0.05) is 152 Å². The van der Waals surface area contributed by atoms with Crippen LogP contribution in [0.5, 0.6) is 0 Å². The molecule has 0 spiro atoms. The van der Waals surface area contributed by atoms with Gasteiger partial charge >= 0.3 is 0 Å². The molecule has 0 unspecified atom stereocenters. The second-order valence-electron chi connectivity index (χ2n) is 11.7. The van der Waals surface area contributed by atoms with Crippen molar-refractivity contribution < 1.29 is 9.90 Å². The molecule has 0 fully saturated rings. The summed E-state index contributed by atoms with van der Waals surface area (Å²) in [7, 11) is 0. The first-order valence-electron chi connectivity index (χ1n) is 17.6. The summed E-state index contributed by atoms with van der Waals surface area (Å²) in [5.74, 6) is 0. The van der Waals surface area contributed by atoms with Gasteiger partial charge in [-0.2, -0.15) is 0 Å². The molecule has 8 aromatic carbocycles. The van der Waals surface area contributed by atoms with Crippen molar-refractivity contribution in [3.05, 3.63) is 181 Å². The van der Waals surface area contributed by atoms with Gasteiger partial charge in [-0.25, -0.2) is 0 Å². The molecule has 0 radical (unpaired) electrons. The Morgan fingerprint density at radius 3 is 1.70 bits per heavy atom. The van der Waals surface area contributed by atoms with Crippen molar-refractivity contribution in [3.63, 3.8) is 0 Å². The highest BCUT2D eigenvalue weighted by Gasteiger charge is 2.22. The Balaban J connectivity index is 1.39. The highest BCUT2D eigenvalue weighted by Crippen LogP contribution is 2.48. The normalized spacial score (nSPS) is 12.8. The molecule has 1 nitrogen and oxygen atoms in total. The highest BCUT2D eigenvalue weighted by molar-refractivity contribution is 6.22. The van der Waals surface area contributed by atoms with E-state index in [4.69, 9.17) is 9.90 Å². The van der Waals surface area contributed by atoms with Gasteiger partial charge in [0.05, 0.1) is 5.48 Å². The predicted molar refractivity (Wildman–Crippen MR) is 194 cm³/mol. The summed E-state index contributed by atoms with van der Waals surface area (Å²) in [6.45, 7) is 0. The lowest BCUT2D eigenvalue weighted by Crippen LogP contribution is -1.98. The topological polar surface area (TPSA) is 13.1 Å². The number of fused-ring (bicyclic) bond motifs is 5. The van der Waals surface area contributed by atoms with Gasteiger partial charge in [0.25, 0.3) is 0 Å². The van der Waals surface area contributed by atoms with E-state index in [0.29, 0.717) is 17.5 Å². The Morgan fingerprint density at radius 1 is 0.435 bits per heavy atom. The third kappa shape index (κ3) is 4.24. The van der Waals surface area contributed by atoms with Crippen LogP contribution >= 0.6 is 0 Å². The first-order valence-corrected chi connectivity index (χ1v) is 15.6. The monoisotopic (exact) mass is 590 g/mol. The summed E-state index contributed by atoms with van der Waals surface area (Å²) in [4.78, 5) is 0. The van der Waals surface area contributed by atoms with Gasteiger partial charge in [-0.3, -0.25) is 0 Å². The second-order valence-corrected chi connectivity index (χ2v) is 11.7. The third-order valence-electron chi connectivity index (χ3n) is 9.10. The Kier molecular flexibility index (Phi) is 5.35. The largest absolute Gasteiger partial charge is 0.456 e. The Bertz CT molecular complexity index is 2710. The van der Waals surface area contributed by atoms with Gasteiger partial charge in [-0.05, 0) is 85.1 Å². The molecule has 216 valence electrons. The highest BCUT2D eigenvalue weighted by atomic mass is 16.3. The number of rotatable bonds is 5. The van der Waals surface area contributed by atoms with E-state index in [1.165, 1.54) is 0 Å². The van der Waals surface area contributed by atoms with Gasteiger partial charge in [0.15, 0.2) is 0 Å². The zero-order valence-corrected chi connectivity index (χ0v) is 25.0. The van der Waals surface area contributed by atoms with Crippen LogP contribution in [0.4, 0.5) is 0 Å². The molecule has 46 heavy (non-hydrogen) atoms. The average Bonchev–Trinajstić information content (AvgIpc) is 3.55. The van der Waals surface area contributed by atoms with E-state index in [1.54, 1.807) is 0 Å². The summed E-state index contributed by atoms with van der Waals surface area (Å²) in [5, 5.41) is 6.39. The zero-order valence-electron chi connectivity index (χ0n) is 29.0. The zero-order chi connectivity index (χ0) is 33.9. The fraction of sp³-hybridized carbons (Fsp3) is 0.0222. The van der Waals surface area contributed by atoms with Crippen molar-refractivity contribution >= 4 is 43.5 Å². The van der Waals surface area contributed by atoms with Crippen molar-refractivity contribution in [2.24, 2.45) is 0 Å². The van der Waals surface area contributed by atoms with Crippen molar-refractivity contribution in [2.75, 3.05) is 0 Å². The molecule has 0 aliphatic heterocycles. The maximum absolute atomic E-state index is 9.12. The van der Waals surface area contributed by atoms with E-state index in [9.17, 15) is 0 Å². The molecule has 9 rings (SSSR count). The fourth-order valence-corrected chi connectivity index (χ4v) is 7.13. The number of hydrogen-bond acceptors (Lipinski definition) is 1. The molecule has 0 bridgehead atoms. The summed E-state index contributed by atoms with van der Waals surface area (Å²) in [6, 6.07) is 48.9. The van der Waals surface area contributed by atoms with Gasteiger partial charge < -0.3 is 4.42 Å². The van der Waals surface area contributed by atoms with E-state index in [0.717, 1.165) is 76.9 Å². The standard InChI is InChI=1S/C45H30O/c1-3-15-30(16-4-1)33-20-8-7-19-32(33)29-40-34-21-9-11-23-36(34)44(37-24-12-10-22-35(37)40)39-27-28-42-45(38-25-13-14-26-41(38)46-42)43(39)31-17-5-2-6-18-31/h1-28H,29H2/i7D,8D,19D,20D. The molecule has 0 amide bonds. The predicted octanol–water partition coefficient (Wildman–Crippen LogP) is 12.5. The van der Waals surface area contributed by atoms with Crippen LogP contribution in [0.2, 0.25) is 0 Å². The lowest BCUT2D eigenvalue weighted by Gasteiger charge is -2.20. The Hall–Kier alpha value is -5.92. The SMILES string of the molecule is [2H]c1c([2H])c([2H])c(-c2ccccc2)c(Cc2c3ccccc3c(-c3ccc4oc5ccccc5c4c3-c3ccccc3)c3ccccc23)c1[2H]. The molecular weight excluding hydrogens is 556 g/mol. The van der Waals surface area contributed by atoms with Crippen LogP contribution in [0, 0.1) is 0 Å². The van der Waals surface area contributed by atoms with Gasteiger partial charge in [-0.15, -0.1) is 0 Å². The molecule has 0 aliphatic rings. The quantitative estimate of drug-likeness (QED) is 0.182. The molecular formula is C45H30O. The first kappa shape index (κ1) is 22.6. The molecule has 0 aliphatic carbocycles. The van der Waals surface area contributed by atoms with Crippen LogP contribution in [-0.4, -0.2) is 0 Å². The Labute approximate surface area is 273 Å². The van der Waals surface area contributed by atoms with Crippen molar-refractivity contribution in [2.45, 2.75) is 6.42 Å². The molecule has 9 aromatic rings. The molecule has 1 heteroatoms. The maximum Gasteiger partial charge on any atom is 0.136 e. The molecule has 0 atom stereocenters. The minimum atomic E-state index is -0.224. The maximum atomic E-state index is 9.12. The van der Waals surface area contributed by atoms with E-state index in [-0.39, 0.29) is 24.2 Å². The molecule has 0 N–H and O–H groups in total.